The quantitative estimate of drug-likeness (QED) is 0.889. The first-order valence-corrected chi connectivity index (χ1v) is 6.94. The summed E-state index contributed by atoms with van der Waals surface area (Å²) in [6, 6.07) is 8.78. The number of fused-ring (bicyclic) bond motifs is 1. The molecule has 2 N–H and O–H groups in total. The van der Waals surface area contributed by atoms with Crippen LogP contribution in [0.2, 0.25) is 0 Å². The van der Waals surface area contributed by atoms with E-state index in [1.54, 1.807) is 0 Å². The summed E-state index contributed by atoms with van der Waals surface area (Å²) in [6.45, 7) is 10.9. The molecule has 0 saturated carbocycles. The van der Waals surface area contributed by atoms with Gasteiger partial charge in [-0.25, -0.2) is 0 Å². The Morgan fingerprint density at radius 2 is 1.95 bits per heavy atom. The fourth-order valence-corrected chi connectivity index (χ4v) is 2.53. The second kappa shape index (κ2) is 4.93. The van der Waals surface area contributed by atoms with Gasteiger partial charge in [0.25, 0.3) is 0 Å². The molecule has 0 aliphatic carbocycles. The zero-order valence-corrected chi connectivity index (χ0v) is 12.6. The van der Waals surface area contributed by atoms with Gasteiger partial charge in [0.1, 0.15) is 0 Å². The molecule has 1 unspecified atom stereocenters. The minimum atomic E-state index is 0.103. The average molecular weight is 256 g/mol. The van der Waals surface area contributed by atoms with Crippen LogP contribution in [0.1, 0.15) is 44.5 Å². The Labute approximate surface area is 116 Å². The molecule has 1 atom stereocenters. The lowest BCUT2D eigenvalue weighted by Crippen LogP contribution is -2.19. The number of aryl methyl sites for hydroxylation is 1. The fourth-order valence-electron chi connectivity index (χ4n) is 2.53. The summed E-state index contributed by atoms with van der Waals surface area (Å²) >= 11 is 0. The molecule has 1 aromatic carbocycles. The molecule has 102 valence electrons. The van der Waals surface area contributed by atoms with Crippen molar-refractivity contribution in [3.8, 4) is 0 Å². The maximum Gasteiger partial charge on any atom is 0.0745 e. The number of benzene rings is 1. The number of pyridine rings is 1. The summed E-state index contributed by atoms with van der Waals surface area (Å²) in [5.74, 6) is 0. The minimum Gasteiger partial charge on any atom is -0.328 e. The highest BCUT2D eigenvalue weighted by atomic mass is 14.7. The first kappa shape index (κ1) is 14.0. The van der Waals surface area contributed by atoms with Crippen molar-refractivity contribution < 1.29 is 0 Å². The Morgan fingerprint density at radius 3 is 2.53 bits per heavy atom. The van der Waals surface area contributed by atoms with Gasteiger partial charge in [-0.3, -0.25) is 4.98 Å². The van der Waals surface area contributed by atoms with Crippen molar-refractivity contribution in [1.29, 1.82) is 0 Å². The minimum absolute atomic E-state index is 0.103. The molecule has 2 nitrogen and oxygen atoms in total. The Morgan fingerprint density at radius 1 is 1.26 bits per heavy atom. The van der Waals surface area contributed by atoms with Crippen molar-refractivity contribution in [3.63, 3.8) is 0 Å². The maximum absolute atomic E-state index is 5.90. The summed E-state index contributed by atoms with van der Waals surface area (Å²) in [5, 5.41) is 1.25. The van der Waals surface area contributed by atoms with Gasteiger partial charge in [-0.1, -0.05) is 39.0 Å². The molecule has 0 spiro atoms. The summed E-state index contributed by atoms with van der Waals surface area (Å²) in [6.07, 6.45) is 0.829. The summed E-state index contributed by atoms with van der Waals surface area (Å²) in [4.78, 5) is 4.86. The van der Waals surface area contributed by atoms with Crippen LogP contribution in [-0.2, 0) is 11.8 Å². The number of nitrogens with zero attached hydrogens (tertiary/aromatic N) is 1. The molecule has 2 heteroatoms. The highest BCUT2D eigenvalue weighted by Gasteiger charge is 2.18. The Bertz CT molecular complexity index is 592. The monoisotopic (exact) mass is 256 g/mol. The lowest BCUT2D eigenvalue weighted by atomic mass is 9.85. The second-order valence-electron chi connectivity index (χ2n) is 6.56. The van der Waals surface area contributed by atoms with Crippen LogP contribution >= 0.6 is 0 Å². The zero-order valence-electron chi connectivity index (χ0n) is 12.6. The largest absolute Gasteiger partial charge is 0.328 e. The van der Waals surface area contributed by atoms with E-state index in [9.17, 15) is 0 Å². The van der Waals surface area contributed by atoms with E-state index >= 15 is 0 Å². The van der Waals surface area contributed by atoms with Gasteiger partial charge in [-0.2, -0.15) is 0 Å². The van der Waals surface area contributed by atoms with Crippen molar-refractivity contribution in [3.05, 3.63) is 41.1 Å². The standard InChI is InChI=1S/C17H24N2/c1-11-9-13(10-12(2)18)19-16-14(11)7-6-8-15(16)17(3,4)5/h6-9,12H,10,18H2,1-5H3. The van der Waals surface area contributed by atoms with Crippen molar-refractivity contribution in [2.45, 2.75) is 52.5 Å². The van der Waals surface area contributed by atoms with Crippen LogP contribution in [0, 0.1) is 6.92 Å². The van der Waals surface area contributed by atoms with E-state index in [0.717, 1.165) is 17.6 Å². The van der Waals surface area contributed by atoms with Crippen molar-refractivity contribution in [2.75, 3.05) is 0 Å². The van der Waals surface area contributed by atoms with E-state index in [2.05, 4.69) is 52.0 Å². The Hall–Kier alpha value is -1.41. The fraction of sp³-hybridized carbons (Fsp3) is 0.471. The second-order valence-corrected chi connectivity index (χ2v) is 6.56. The molecule has 0 aliphatic rings. The third kappa shape index (κ3) is 2.95. The first-order chi connectivity index (χ1) is 8.79. The zero-order chi connectivity index (χ0) is 14.2. The van der Waals surface area contributed by atoms with Gasteiger partial charge >= 0.3 is 0 Å². The van der Waals surface area contributed by atoms with Gasteiger partial charge in [0, 0.05) is 23.5 Å². The van der Waals surface area contributed by atoms with E-state index < -0.39 is 0 Å². The molecular weight excluding hydrogens is 232 g/mol. The molecule has 0 radical (unpaired) electrons. The van der Waals surface area contributed by atoms with E-state index in [1.807, 2.05) is 6.92 Å². The Balaban J connectivity index is 2.69. The predicted octanol–water partition coefficient (Wildman–Crippen LogP) is 3.73. The maximum atomic E-state index is 5.90. The summed E-state index contributed by atoms with van der Waals surface area (Å²) in [7, 11) is 0. The molecule has 0 bridgehead atoms. The number of rotatable bonds is 2. The molecule has 0 amide bonds. The number of nitrogens with two attached hydrogens (primary N) is 1. The molecular formula is C17H24N2. The van der Waals surface area contributed by atoms with E-state index in [1.165, 1.54) is 16.5 Å². The Kier molecular flexibility index (Phi) is 3.64. The van der Waals surface area contributed by atoms with Gasteiger partial charge in [0.2, 0.25) is 0 Å². The number of hydrogen-bond acceptors (Lipinski definition) is 2. The molecule has 2 rings (SSSR count). The SMILES string of the molecule is Cc1cc(CC(C)N)nc2c(C(C)(C)C)cccc12. The summed E-state index contributed by atoms with van der Waals surface area (Å²) in [5.41, 5.74) is 10.8. The van der Waals surface area contributed by atoms with Crippen molar-refractivity contribution >= 4 is 10.9 Å². The number of para-hydroxylation sites is 1. The molecule has 2 aromatic rings. The molecule has 19 heavy (non-hydrogen) atoms. The molecule has 0 saturated heterocycles. The van der Waals surface area contributed by atoms with Crippen LogP contribution in [0.4, 0.5) is 0 Å². The van der Waals surface area contributed by atoms with Gasteiger partial charge < -0.3 is 5.73 Å². The molecule has 1 heterocycles. The predicted molar refractivity (Wildman–Crippen MR) is 82.5 cm³/mol. The van der Waals surface area contributed by atoms with Gasteiger partial charge in [-0.05, 0) is 36.5 Å². The van der Waals surface area contributed by atoms with Crippen molar-refractivity contribution in [2.24, 2.45) is 5.73 Å². The average Bonchev–Trinajstić information content (AvgIpc) is 2.26. The third-order valence-electron chi connectivity index (χ3n) is 3.44. The van der Waals surface area contributed by atoms with Crippen LogP contribution in [0.15, 0.2) is 24.3 Å². The van der Waals surface area contributed by atoms with Gasteiger partial charge in [0.15, 0.2) is 0 Å². The lowest BCUT2D eigenvalue weighted by Gasteiger charge is -2.21. The number of hydrogen-bond donors (Lipinski definition) is 1. The normalized spacial score (nSPS) is 13.8. The van der Waals surface area contributed by atoms with E-state index in [4.69, 9.17) is 10.7 Å². The van der Waals surface area contributed by atoms with E-state index in [0.29, 0.717) is 0 Å². The lowest BCUT2D eigenvalue weighted by molar-refractivity contribution is 0.594. The first-order valence-electron chi connectivity index (χ1n) is 6.94. The molecule has 0 fully saturated rings. The third-order valence-corrected chi connectivity index (χ3v) is 3.44. The van der Waals surface area contributed by atoms with Crippen LogP contribution in [0.25, 0.3) is 10.9 Å². The highest BCUT2D eigenvalue weighted by Crippen LogP contribution is 2.30. The molecule has 1 aromatic heterocycles. The van der Waals surface area contributed by atoms with Gasteiger partial charge in [0.05, 0.1) is 5.52 Å². The van der Waals surface area contributed by atoms with Crippen LogP contribution in [0.5, 0.6) is 0 Å². The van der Waals surface area contributed by atoms with Crippen LogP contribution < -0.4 is 5.73 Å². The van der Waals surface area contributed by atoms with E-state index in [-0.39, 0.29) is 11.5 Å². The summed E-state index contributed by atoms with van der Waals surface area (Å²) < 4.78 is 0. The number of aromatic nitrogens is 1. The van der Waals surface area contributed by atoms with Crippen LogP contribution in [-0.4, -0.2) is 11.0 Å². The van der Waals surface area contributed by atoms with Crippen molar-refractivity contribution in [1.82, 2.24) is 4.98 Å². The highest BCUT2D eigenvalue weighted by molar-refractivity contribution is 5.86. The topological polar surface area (TPSA) is 38.9 Å². The molecule has 0 aliphatic heterocycles. The van der Waals surface area contributed by atoms with Crippen LogP contribution in [0.3, 0.4) is 0 Å². The van der Waals surface area contributed by atoms with Gasteiger partial charge in [-0.15, -0.1) is 0 Å². The smallest absolute Gasteiger partial charge is 0.0745 e.